The van der Waals surface area contributed by atoms with Crippen LogP contribution in [0, 0.1) is 6.92 Å². The van der Waals surface area contributed by atoms with E-state index in [0.29, 0.717) is 6.21 Å². The summed E-state index contributed by atoms with van der Waals surface area (Å²) in [6.07, 6.45) is -4.82. The van der Waals surface area contributed by atoms with Gasteiger partial charge in [-0.3, -0.25) is 9.79 Å². The summed E-state index contributed by atoms with van der Waals surface area (Å²) in [6.45, 7) is 1.71. The SMILES string of the molecule is Cc1ccc(S(=O)(=O)NC(=O)/C(C=Nc2ccc(N(C)C)cc2)=C(/O)C(F)(F)F)cc1. The first-order valence-electron chi connectivity index (χ1n) is 8.77. The molecule has 2 aromatic rings. The van der Waals surface area contributed by atoms with E-state index >= 15 is 0 Å². The lowest BCUT2D eigenvalue weighted by Gasteiger charge is -2.12. The summed E-state index contributed by atoms with van der Waals surface area (Å²) in [5.41, 5.74) is 0.384. The first-order valence-corrected chi connectivity index (χ1v) is 10.3. The topological polar surface area (TPSA) is 99.1 Å². The number of nitrogens with zero attached hydrogens (tertiary/aromatic N) is 2. The molecule has 0 unspecified atom stereocenters. The molecular weight excluding hydrogens is 435 g/mol. The molecule has 11 heteroatoms. The van der Waals surface area contributed by atoms with Crippen LogP contribution in [-0.2, 0) is 14.8 Å². The van der Waals surface area contributed by atoms with E-state index in [9.17, 15) is 31.5 Å². The van der Waals surface area contributed by atoms with Crippen molar-refractivity contribution in [2.45, 2.75) is 18.0 Å². The van der Waals surface area contributed by atoms with Gasteiger partial charge in [-0.25, -0.2) is 13.1 Å². The van der Waals surface area contributed by atoms with Crippen molar-refractivity contribution >= 4 is 33.5 Å². The fraction of sp³-hybridized carbons (Fsp3) is 0.200. The van der Waals surface area contributed by atoms with E-state index in [4.69, 9.17) is 0 Å². The Balaban J connectivity index is 2.38. The molecule has 0 saturated carbocycles. The molecule has 0 aliphatic heterocycles. The average molecular weight is 455 g/mol. The quantitative estimate of drug-likeness (QED) is 0.394. The predicted molar refractivity (Wildman–Crippen MR) is 111 cm³/mol. The molecule has 0 bridgehead atoms. The second-order valence-electron chi connectivity index (χ2n) is 6.68. The second kappa shape index (κ2) is 9.21. The van der Waals surface area contributed by atoms with Gasteiger partial charge in [0.15, 0.2) is 0 Å². The summed E-state index contributed by atoms with van der Waals surface area (Å²) in [4.78, 5) is 17.6. The Bertz CT molecular complexity index is 1110. The van der Waals surface area contributed by atoms with E-state index in [-0.39, 0.29) is 10.6 Å². The molecule has 2 rings (SSSR count). The number of aliphatic hydroxyl groups excluding tert-OH is 1. The third-order valence-corrected chi connectivity index (χ3v) is 5.38. The molecule has 0 atom stereocenters. The Morgan fingerprint density at radius 3 is 2.10 bits per heavy atom. The molecule has 0 radical (unpaired) electrons. The van der Waals surface area contributed by atoms with Crippen LogP contribution in [0.25, 0.3) is 0 Å². The number of carbonyl (C=O) groups excluding carboxylic acids is 1. The zero-order valence-corrected chi connectivity index (χ0v) is 17.6. The van der Waals surface area contributed by atoms with Crippen molar-refractivity contribution in [3.05, 3.63) is 65.4 Å². The highest BCUT2D eigenvalue weighted by atomic mass is 32.2. The summed E-state index contributed by atoms with van der Waals surface area (Å²) in [5, 5.41) is 9.52. The third-order valence-electron chi connectivity index (χ3n) is 4.04. The van der Waals surface area contributed by atoms with Crippen LogP contribution in [0.4, 0.5) is 24.5 Å². The number of aliphatic hydroxyl groups is 1. The average Bonchev–Trinajstić information content (AvgIpc) is 2.67. The minimum atomic E-state index is -5.29. The fourth-order valence-corrected chi connectivity index (χ4v) is 3.28. The molecule has 1 amide bonds. The maximum absolute atomic E-state index is 13.0. The zero-order chi connectivity index (χ0) is 23.4. The summed E-state index contributed by atoms with van der Waals surface area (Å²) < 4.78 is 65.3. The molecule has 0 heterocycles. The maximum Gasteiger partial charge on any atom is 0.449 e. The van der Waals surface area contributed by atoms with Gasteiger partial charge in [0.05, 0.1) is 10.6 Å². The first kappa shape index (κ1) is 23.9. The van der Waals surface area contributed by atoms with Crippen LogP contribution >= 0.6 is 0 Å². The molecule has 0 aromatic heterocycles. The minimum absolute atomic E-state index is 0.187. The Kier molecular flexibility index (Phi) is 7.11. The zero-order valence-electron chi connectivity index (χ0n) is 16.8. The van der Waals surface area contributed by atoms with E-state index in [1.165, 1.54) is 41.1 Å². The van der Waals surface area contributed by atoms with Crippen LogP contribution < -0.4 is 9.62 Å². The highest BCUT2D eigenvalue weighted by Crippen LogP contribution is 2.26. The number of hydrogen-bond acceptors (Lipinski definition) is 6. The number of rotatable bonds is 6. The van der Waals surface area contributed by atoms with Crippen molar-refractivity contribution in [1.82, 2.24) is 4.72 Å². The second-order valence-corrected chi connectivity index (χ2v) is 8.36. The summed E-state index contributed by atoms with van der Waals surface area (Å²) in [7, 11) is -0.896. The van der Waals surface area contributed by atoms with Gasteiger partial charge in [0.1, 0.15) is 5.57 Å². The van der Waals surface area contributed by atoms with Crippen LogP contribution in [0.1, 0.15) is 5.56 Å². The fourth-order valence-electron chi connectivity index (χ4n) is 2.31. The van der Waals surface area contributed by atoms with Crippen molar-refractivity contribution in [3.63, 3.8) is 0 Å². The van der Waals surface area contributed by atoms with Gasteiger partial charge in [-0.1, -0.05) is 17.7 Å². The number of nitrogens with one attached hydrogen (secondary N) is 1. The van der Waals surface area contributed by atoms with Gasteiger partial charge < -0.3 is 10.0 Å². The summed E-state index contributed by atoms with van der Waals surface area (Å²) >= 11 is 0. The number of carbonyl (C=O) groups is 1. The number of hydrogen-bond donors (Lipinski definition) is 2. The predicted octanol–water partition coefficient (Wildman–Crippen LogP) is 3.64. The van der Waals surface area contributed by atoms with Gasteiger partial charge in [0.25, 0.3) is 15.9 Å². The molecule has 2 aromatic carbocycles. The number of sulfonamides is 1. The van der Waals surface area contributed by atoms with E-state index < -0.39 is 33.4 Å². The lowest BCUT2D eigenvalue weighted by molar-refractivity contribution is -0.126. The van der Waals surface area contributed by atoms with Crippen molar-refractivity contribution in [3.8, 4) is 0 Å². The van der Waals surface area contributed by atoms with Gasteiger partial charge >= 0.3 is 6.18 Å². The monoisotopic (exact) mass is 455 g/mol. The van der Waals surface area contributed by atoms with E-state index in [1.807, 2.05) is 0 Å². The van der Waals surface area contributed by atoms with Gasteiger partial charge in [-0.05, 0) is 43.3 Å². The number of aryl methyl sites for hydroxylation is 1. The lowest BCUT2D eigenvalue weighted by Crippen LogP contribution is -2.34. The molecule has 31 heavy (non-hydrogen) atoms. The van der Waals surface area contributed by atoms with Crippen LogP contribution in [0.3, 0.4) is 0 Å². The molecule has 0 aliphatic rings. The van der Waals surface area contributed by atoms with Gasteiger partial charge in [0.2, 0.25) is 5.76 Å². The number of alkyl halides is 3. The van der Waals surface area contributed by atoms with Crippen molar-refractivity contribution in [2.75, 3.05) is 19.0 Å². The van der Waals surface area contributed by atoms with Gasteiger partial charge in [-0.2, -0.15) is 13.2 Å². The summed E-state index contributed by atoms with van der Waals surface area (Å²) in [6, 6.07) is 11.5. The Morgan fingerprint density at radius 1 is 1.06 bits per heavy atom. The molecule has 7 nitrogen and oxygen atoms in total. The lowest BCUT2D eigenvalue weighted by atomic mass is 10.2. The Labute approximate surface area is 177 Å². The molecule has 0 saturated heterocycles. The van der Waals surface area contributed by atoms with Crippen LogP contribution in [-0.4, -0.2) is 45.9 Å². The largest absolute Gasteiger partial charge is 0.504 e. The Morgan fingerprint density at radius 2 is 1.61 bits per heavy atom. The first-order chi connectivity index (χ1) is 14.3. The third kappa shape index (κ3) is 6.32. The number of halogens is 3. The van der Waals surface area contributed by atoms with Gasteiger partial charge in [-0.15, -0.1) is 0 Å². The van der Waals surface area contributed by atoms with E-state index in [1.54, 1.807) is 38.1 Å². The normalized spacial score (nSPS) is 13.1. The number of allylic oxidation sites excluding steroid dienone is 1. The number of benzene rings is 2. The van der Waals surface area contributed by atoms with Gasteiger partial charge in [0, 0.05) is 26.0 Å². The number of aliphatic imine (C=N–C) groups is 1. The molecule has 0 fully saturated rings. The molecule has 0 aliphatic carbocycles. The standard InChI is InChI=1S/C20H20F3N3O4S/c1-13-4-10-16(11-5-13)31(29,30)25-19(28)17(18(27)20(21,22)23)12-24-14-6-8-15(9-7-14)26(2)3/h4-12,27H,1-3H3,(H,25,28)/b18-17+,24-12?. The minimum Gasteiger partial charge on any atom is -0.504 e. The molecule has 166 valence electrons. The van der Waals surface area contributed by atoms with Crippen molar-refractivity contribution < 1.29 is 31.5 Å². The van der Waals surface area contributed by atoms with Crippen LogP contribution in [0.5, 0.6) is 0 Å². The van der Waals surface area contributed by atoms with Crippen LogP contribution in [0.2, 0.25) is 0 Å². The van der Waals surface area contributed by atoms with E-state index in [0.717, 1.165) is 11.3 Å². The molecule has 2 N–H and O–H groups in total. The maximum atomic E-state index is 13.0. The Hall–Kier alpha value is -3.34. The smallest absolute Gasteiger partial charge is 0.449 e. The summed E-state index contributed by atoms with van der Waals surface area (Å²) in [5.74, 6) is -3.94. The van der Waals surface area contributed by atoms with E-state index in [2.05, 4.69) is 4.99 Å². The molecular formula is C20H20F3N3O4S. The van der Waals surface area contributed by atoms with Crippen molar-refractivity contribution in [1.29, 1.82) is 0 Å². The highest BCUT2D eigenvalue weighted by Gasteiger charge is 2.39. The molecule has 0 spiro atoms. The number of anilines is 1. The number of amides is 1. The highest BCUT2D eigenvalue weighted by molar-refractivity contribution is 7.90. The van der Waals surface area contributed by atoms with Crippen molar-refractivity contribution in [2.24, 2.45) is 4.99 Å². The van der Waals surface area contributed by atoms with Crippen LogP contribution in [0.15, 0.2) is 69.8 Å².